The lowest BCUT2D eigenvalue weighted by molar-refractivity contribution is 0.578. The predicted molar refractivity (Wildman–Crippen MR) is 53.3 cm³/mol. The van der Waals surface area contributed by atoms with Gasteiger partial charge in [-0.3, -0.25) is 0 Å². The second-order valence-corrected chi connectivity index (χ2v) is 3.45. The second kappa shape index (κ2) is 4.37. The van der Waals surface area contributed by atoms with Crippen molar-refractivity contribution >= 4 is 5.69 Å². The zero-order valence-electron chi connectivity index (χ0n) is 8.30. The Labute approximate surface area is 82.3 Å². The van der Waals surface area contributed by atoms with Crippen molar-refractivity contribution < 1.29 is 8.78 Å². The molecule has 4 heteroatoms. The Balaban J connectivity index is 2.84. The fourth-order valence-corrected chi connectivity index (χ4v) is 1.32. The number of nitrogens with two attached hydrogens (primary N) is 1. The number of hydrogen-bond donors (Lipinski definition) is 1. The molecule has 0 bridgehead atoms. The molecular formula is C10H14F2N2. The molecule has 1 atom stereocenters. The summed E-state index contributed by atoms with van der Waals surface area (Å²) >= 11 is 0. The highest BCUT2D eigenvalue weighted by Crippen LogP contribution is 2.18. The number of benzene rings is 1. The first-order valence-electron chi connectivity index (χ1n) is 4.42. The van der Waals surface area contributed by atoms with E-state index < -0.39 is 11.6 Å². The molecule has 0 saturated carbocycles. The number of rotatable bonds is 3. The largest absolute Gasteiger partial charge is 0.371 e. The molecule has 2 N–H and O–H groups in total. The zero-order chi connectivity index (χ0) is 10.7. The zero-order valence-corrected chi connectivity index (χ0v) is 8.30. The summed E-state index contributed by atoms with van der Waals surface area (Å²) in [7, 11) is 1.72. The monoisotopic (exact) mass is 200 g/mol. The van der Waals surface area contributed by atoms with E-state index in [-0.39, 0.29) is 6.04 Å². The Bertz CT molecular complexity index is 313. The molecular weight excluding hydrogens is 186 g/mol. The van der Waals surface area contributed by atoms with Crippen LogP contribution in [-0.4, -0.2) is 19.6 Å². The SMILES string of the molecule is CC(N)CN(C)c1ccc(F)cc1F. The summed E-state index contributed by atoms with van der Waals surface area (Å²) in [4.78, 5) is 1.67. The molecule has 0 amide bonds. The van der Waals surface area contributed by atoms with Gasteiger partial charge in [0.2, 0.25) is 0 Å². The van der Waals surface area contributed by atoms with E-state index >= 15 is 0 Å². The first-order valence-corrected chi connectivity index (χ1v) is 4.42. The maximum absolute atomic E-state index is 13.2. The van der Waals surface area contributed by atoms with Crippen molar-refractivity contribution in [3.63, 3.8) is 0 Å². The number of halogens is 2. The summed E-state index contributed by atoms with van der Waals surface area (Å²) in [5.41, 5.74) is 5.94. The van der Waals surface area contributed by atoms with Gasteiger partial charge in [0.1, 0.15) is 11.6 Å². The second-order valence-electron chi connectivity index (χ2n) is 3.45. The van der Waals surface area contributed by atoms with Crippen LogP contribution in [0.25, 0.3) is 0 Å². The van der Waals surface area contributed by atoms with Gasteiger partial charge in [-0.15, -0.1) is 0 Å². The maximum atomic E-state index is 13.2. The molecule has 2 nitrogen and oxygen atoms in total. The van der Waals surface area contributed by atoms with E-state index in [4.69, 9.17) is 5.73 Å². The molecule has 14 heavy (non-hydrogen) atoms. The van der Waals surface area contributed by atoms with Crippen LogP contribution in [0.3, 0.4) is 0 Å². The van der Waals surface area contributed by atoms with Gasteiger partial charge in [0.15, 0.2) is 0 Å². The molecule has 1 unspecified atom stereocenters. The van der Waals surface area contributed by atoms with Crippen LogP contribution in [0.5, 0.6) is 0 Å². The van der Waals surface area contributed by atoms with Gasteiger partial charge in [-0.25, -0.2) is 8.78 Å². The minimum atomic E-state index is -0.569. The van der Waals surface area contributed by atoms with Crippen molar-refractivity contribution in [1.82, 2.24) is 0 Å². The highest BCUT2D eigenvalue weighted by molar-refractivity contribution is 5.47. The van der Waals surface area contributed by atoms with Crippen LogP contribution in [0, 0.1) is 11.6 Å². The van der Waals surface area contributed by atoms with E-state index in [2.05, 4.69) is 0 Å². The normalized spacial score (nSPS) is 12.6. The van der Waals surface area contributed by atoms with Crippen LogP contribution in [-0.2, 0) is 0 Å². The highest BCUT2D eigenvalue weighted by atomic mass is 19.1. The van der Waals surface area contributed by atoms with Crippen molar-refractivity contribution in [2.45, 2.75) is 13.0 Å². The Hall–Kier alpha value is -1.16. The van der Waals surface area contributed by atoms with E-state index in [1.165, 1.54) is 12.1 Å². The molecule has 0 heterocycles. The van der Waals surface area contributed by atoms with E-state index in [0.29, 0.717) is 12.2 Å². The lowest BCUT2D eigenvalue weighted by atomic mass is 10.2. The number of hydrogen-bond acceptors (Lipinski definition) is 2. The maximum Gasteiger partial charge on any atom is 0.149 e. The molecule has 1 aromatic carbocycles. The molecule has 0 saturated heterocycles. The van der Waals surface area contributed by atoms with Gasteiger partial charge < -0.3 is 10.6 Å². The highest BCUT2D eigenvalue weighted by Gasteiger charge is 2.09. The first-order chi connectivity index (χ1) is 6.50. The lowest BCUT2D eigenvalue weighted by Crippen LogP contribution is -2.33. The predicted octanol–water partition coefficient (Wildman–Crippen LogP) is 1.75. The molecule has 78 valence electrons. The molecule has 0 aromatic heterocycles. The van der Waals surface area contributed by atoms with Crippen molar-refractivity contribution in [1.29, 1.82) is 0 Å². The fourth-order valence-electron chi connectivity index (χ4n) is 1.32. The summed E-state index contributed by atoms with van der Waals surface area (Å²) in [5, 5.41) is 0. The third kappa shape index (κ3) is 2.67. The van der Waals surface area contributed by atoms with Crippen molar-refractivity contribution in [2.24, 2.45) is 5.73 Å². The Morgan fingerprint density at radius 1 is 1.43 bits per heavy atom. The summed E-state index contributed by atoms with van der Waals surface area (Å²) in [6.45, 7) is 2.36. The van der Waals surface area contributed by atoms with Gasteiger partial charge in [0.25, 0.3) is 0 Å². The van der Waals surface area contributed by atoms with Crippen molar-refractivity contribution in [3.05, 3.63) is 29.8 Å². The topological polar surface area (TPSA) is 29.3 Å². The Morgan fingerprint density at radius 2 is 2.07 bits per heavy atom. The van der Waals surface area contributed by atoms with Gasteiger partial charge in [0.05, 0.1) is 5.69 Å². The molecule has 1 aromatic rings. The van der Waals surface area contributed by atoms with Crippen LogP contribution in [0.4, 0.5) is 14.5 Å². The quantitative estimate of drug-likeness (QED) is 0.805. The molecule has 0 aliphatic rings. The Kier molecular flexibility index (Phi) is 3.41. The summed E-state index contributed by atoms with van der Waals surface area (Å²) in [5.74, 6) is -1.13. The van der Waals surface area contributed by atoms with Gasteiger partial charge in [-0.05, 0) is 19.1 Å². The summed E-state index contributed by atoms with van der Waals surface area (Å²) in [6.07, 6.45) is 0. The average molecular weight is 200 g/mol. The van der Waals surface area contributed by atoms with Gasteiger partial charge in [-0.1, -0.05) is 0 Å². The van der Waals surface area contributed by atoms with E-state index in [1.807, 2.05) is 6.92 Å². The standard InChI is InChI=1S/C10H14F2N2/c1-7(13)6-14(2)10-4-3-8(11)5-9(10)12/h3-5,7H,6,13H2,1-2H3. The van der Waals surface area contributed by atoms with Crippen molar-refractivity contribution in [3.8, 4) is 0 Å². The number of likely N-dealkylation sites (N-methyl/N-ethyl adjacent to an activating group) is 1. The van der Waals surface area contributed by atoms with Crippen LogP contribution in [0.15, 0.2) is 18.2 Å². The molecule has 0 fully saturated rings. The number of anilines is 1. The Morgan fingerprint density at radius 3 is 2.57 bits per heavy atom. The average Bonchev–Trinajstić information content (AvgIpc) is 2.01. The third-order valence-corrected chi connectivity index (χ3v) is 1.88. The molecule has 0 aliphatic carbocycles. The fraction of sp³-hybridized carbons (Fsp3) is 0.400. The van der Waals surface area contributed by atoms with E-state index in [1.54, 1.807) is 11.9 Å². The van der Waals surface area contributed by atoms with Crippen LogP contribution in [0.1, 0.15) is 6.92 Å². The molecule has 0 aliphatic heterocycles. The summed E-state index contributed by atoms with van der Waals surface area (Å²) < 4.78 is 25.8. The van der Waals surface area contributed by atoms with E-state index in [9.17, 15) is 8.78 Å². The smallest absolute Gasteiger partial charge is 0.149 e. The molecule has 0 radical (unpaired) electrons. The third-order valence-electron chi connectivity index (χ3n) is 1.88. The van der Waals surface area contributed by atoms with Crippen LogP contribution >= 0.6 is 0 Å². The lowest BCUT2D eigenvalue weighted by Gasteiger charge is -2.21. The minimum absolute atomic E-state index is 0.0514. The van der Waals surface area contributed by atoms with Gasteiger partial charge in [-0.2, -0.15) is 0 Å². The van der Waals surface area contributed by atoms with Gasteiger partial charge >= 0.3 is 0 Å². The molecule has 1 rings (SSSR count). The van der Waals surface area contributed by atoms with Gasteiger partial charge in [0, 0.05) is 25.7 Å². The van der Waals surface area contributed by atoms with E-state index in [0.717, 1.165) is 6.07 Å². The van der Waals surface area contributed by atoms with Crippen molar-refractivity contribution in [2.75, 3.05) is 18.5 Å². The summed E-state index contributed by atoms with van der Waals surface area (Å²) in [6, 6.07) is 3.46. The minimum Gasteiger partial charge on any atom is -0.371 e. The molecule has 0 spiro atoms. The van der Waals surface area contributed by atoms with Crippen LogP contribution in [0.2, 0.25) is 0 Å². The first kappa shape index (κ1) is 10.9. The van der Waals surface area contributed by atoms with Crippen LogP contribution < -0.4 is 10.6 Å². The number of nitrogens with zero attached hydrogens (tertiary/aromatic N) is 1.